The van der Waals surface area contributed by atoms with Crippen LogP contribution in [0.2, 0.25) is 0 Å². The molecule has 1 aromatic rings. The molecule has 4 nitrogen and oxygen atoms in total. The van der Waals surface area contributed by atoms with Gasteiger partial charge in [-0.15, -0.1) is 0 Å². The molecule has 0 aromatic carbocycles. The summed E-state index contributed by atoms with van der Waals surface area (Å²) < 4.78 is 10.7. The number of methoxy groups -OCH3 is 1. The quantitative estimate of drug-likeness (QED) is 0.787. The van der Waals surface area contributed by atoms with Gasteiger partial charge < -0.3 is 9.47 Å². The first-order valence-electron chi connectivity index (χ1n) is 4.51. The number of ether oxygens (including phenoxy) is 2. The molecular weight excluding hydrogens is 262 g/mol. The molecule has 0 saturated carbocycles. The van der Waals surface area contributed by atoms with Crippen LogP contribution in [0.4, 0.5) is 0 Å². The Morgan fingerprint density at radius 1 is 1.53 bits per heavy atom. The van der Waals surface area contributed by atoms with E-state index in [1.54, 1.807) is 19.3 Å². The zero-order valence-electron chi connectivity index (χ0n) is 8.62. The van der Waals surface area contributed by atoms with E-state index in [4.69, 9.17) is 9.47 Å². The fourth-order valence-electron chi connectivity index (χ4n) is 1.15. The lowest BCUT2D eigenvalue weighted by atomic mass is 10.2. The van der Waals surface area contributed by atoms with Gasteiger partial charge in [-0.2, -0.15) is 0 Å². The van der Waals surface area contributed by atoms with Gasteiger partial charge in [0.2, 0.25) is 0 Å². The lowest BCUT2D eigenvalue weighted by molar-refractivity contribution is -0.142. The van der Waals surface area contributed by atoms with Crippen LogP contribution in [-0.2, 0) is 16.0 Å². The SMILES string of the molecule is CCOC(=O)Cc1c(Br)cncc1OC. The molecule has 1 rings (SSSR count). The summed E-state index contributed by atoms with van der Waals surface area (Å²) >= 11 is 3.32. The van der Waals surface area contributed by atoms with Crippen LogP contribution in [0.3, 0.4) is 0 Å². The topological polar surface area (TPSA) is 48.4 Å². The predicted molar refractivity (Wildman–Crippen MR) is 58.8 cm³/mol. The number of rotatable bonds is 4. The lowest BCUT2D eigenvalue weighted by Gasteiger charge is -2.08. The second-order valence-electron chi connectivity index (χ2n) is 2.78. The molecule has 1 aromatic heterocycles. The highest BCUT2D eigenvalue weighted by molar-refractivity contribution is 9.10. The van der Waals surface area contributed by atoms with Gasteiger partial charge in [-0.1, -0.05) is 0 Å². The number of hydrogen-bond donors (Lipinski definition) is 0. The van der Waals surface area contributed by atoms with Gasteiger partial charge in [0.1, 0.15) is 5.75 Å². The number of aromatic nitrogens is 1. The fraction of sp³-hybridized carbons (Fsp3) is 0.400. The third kappa shape index (κ3) is 3.20. The van der Waals surface area contributed by atoms with E-state index in [0.29, 0.717) is 12.4 Å². The van der Waals surface area contributed by atoms with Gasteiger partial charge in [0.25, 0.3) is 0 Å². The van der Waals surface area contributed by atoms with E-state index in [-0.39, 0.29) is 12.4 Å². The van der Waals surface area contributed by atoms with Crippen molar-refractivity contribution in [1.29, 1.82) is 0 Å². The average Bonchev–Trinajstić information content (AvgIpc) is 2.21. The third-order valence-electron chi connectivity index (χ3n) is 1.81. The molecule has 0 fully saturated rings. The van der Waals surface area contributed by atoms with Gasteiger partial charge in [0.15, 0.2) is 0 Å². The van der Waals surface area contributed by atoms with E-state index in [0.717, 1.165) is 10.0 Å². The molecule has 15 heavy (non-hydrogen) atoms. The van der Waals surface area contributed by atoms with Crippen LogP contribution in [0.1, 0.15) is 12.5 Å². The standard InChI is InChI=1S/C10H12BrNO3/c1-3-15-10(13)4-7-8(11)5-12-6-9(7)14-2/h5-6H,3-4H2,1-2H3. The van der Waals surface area contributed by atoms with E-state index in [1.807, 2.05) is 0 Å². The molecule has 0 atom stereocenters. The van der Waals surface area contributed by atoms with Crippen LogP contribution in [0.5, 0.6) is 5.75 Å². The smallest absolute Gasteiger partial charge is 0.310 e. The van der Waals surface area contributed by atoms with Gasteiger partial charge in [-0.3, -0.25) is 9.78 Å². The lowest BCUT2D eigenvalue weighted by Crippen LogP contribution is -2.09. The Kier molecular flexibility index (Phi) is 4.55. The largest absolute Gasteiger partial charge is 0.495 e. The molecule has 0 aliphatic rings. The molecule has 1 heterocycles. The van der Waals surface area contributed by atoms with Crippen molar-refractivity contribution in [3.05, 3.63) is 22.4 Å². The second kappa shape index (κ2) is 5.70. The Hall–Kier alpha value is -1.10. The molecule has 0 N–H and O–H groups in total. The summed E-state index contributed by atoms with van der Waals surface area (Å²) in [6.45, 7) is 2.15. The van der Waals surface area contributed by atoms with Crippen molar-refractivity contribution in [3.63, 3.8) is 0 Å². The molecule has 0 saturated heterocycles. The fourth-order valence-corrected chi connectivity index (χ4v) is 1.60. The molecular formula is C10H12BrNO3. The zero-order chi connectivity index (χ0) is 11.3. The van der Waals surface area contributed by atoms with Crippen molar-refractivity contribution in [2.75, 3.05) is 13.7 Å². The Balaban J connectivity index is 2.87. The molecule has 0 unspecified atom stereocenters. The highest BCUT2D eigenvalue weighted by Crippen LogP contribution is 2.25. The molecule has 0 radical (unpaired) electrons. The summed E-state index contributed by atoms with van der Waals surface area (Å²) in [4.78, 5) is 15.3. The van der Waals surface area contributed by atoms with Crippen molar-refractivity contribution in [1.82, 2.24) is 4.98 Å². The first-order chi connectivity index (χ1) is 7.19. The van der Waals surface area contributed by atoms with Crippen LogP contribution in [0, 0.1) is 0 Å². The van der Waals surface area contributed by atoms with E-state index >= 15 is 0 Å². The zero-order valence-corrected chi connectivity index (χ0v) is 10.2. The molecule has 0 spiro atoms. The molecule has 82 valence electrons. The van der Waals surface area contributed by atoms with Crippen molar-refractivity contribution in [2.24, 2.45) is 0 Å². The van der Waals surface area contributed by atoms with Gasteiger partial charge in [0, 0.05) is 16.2 Å². The van der Waals surface area contributed by atoms with Crippen molar-refractivity contribution in [3.8, 4) is 5.75 Å². The van der Waals surface area contributed by atoms with Crippen molar-refractivity contribution < 1.29 is 14.3 Å². The third-order valence-corrected chi connectivity index (χ3v) is 2.50. The van der Waals surface area contributed by atoms with E-state index in [9.17, 15) is 4.79 Å². The highest BCUT2D eigenvalue weighted by Gasteiger charge is 2.13. The minimum atomic E-state index is -0.275. The van der Waals surface area contributed by atoms with Crippen molar-refractivity contribution >= 4 is 21.9 Å². The second-order valence-corrected chi connectivity index (χ2v) is 3.64. The average molecular weight is 274 g/mol. The van der Waals surface area contributed by atoms with Crippen LogP contribution < -0.4 is 4.74 Å². The number of pyridine rings is 1. The van der Waals surface area contributed by atoms with E-state index < -0.39 is 0 Å². The van der Waals surface area contributed by atoms with Crippen LogP contribution in [0.15, 0.2) is 16.9 Å². The maximum absolute atomic E-state index is 11.3. The van der Waals surface area contributed by atoms with Crippen LogP contribution >= 0.6 is 15.9 Å². The number of halogens is 1. The van der Waals surface area contributed by atoms with Gasteiger partial charge in [-0.05, 0) is 22.9 Å². The monoisotopic (exact) mass is 273 g/mol. The minimum Gasteiger partial charge on any atom is -0.495 e. The maximum atomic E-state index is 11.3. The summed E-state index contributed by atoms with van der Waals surface area (Å²) in [5, 5.41) is 0. The van der Waals surface area contributed by atoms with E-state index in [2.05, 4.69) is 20.9 Å². The molecule has 5 heteroatoms. The first-order valence-corrected chi connectivity index (χ1v) is 5.30. The van der Waals surface area contributed by atoms with Crippen LogP contribution in [0.25, 0.3) is 0 Å². The Morgan fingerprint density at radius 3 is 2.87 bits per heavy atom. The summed E-state index contributed by atoms with van der Waals surface area (Å²) in [5.41, 5.74) is 0.756. The normalized spacial score (nSPS) is 9.80. The van der Waals surface area contributed by atoms with Crippen molar-refractivity contribution in [2.45, 2.75) is 13.3 Å². The van der Waals surface area contributed by atoms with Gasteiger partial charge in [0.05, 0.1) is 26.3 Å². The van der Waals surface area contributed by atoms with Gasteiger partial charge in [-0.25, -0.2) is 0 Å². The highest BCUT2D eigenvalue weighted by atomic mass is 79.9. The number of nitrogens with zero attached hydrogens (tertiary/aromatic N) is 1. The number of hydrogen-bond acceptors (Lipinski definition) is 4. The number of carbonyl (C=O) groups is 1. The number of esters is 1. The maximum Gasteiger partial charge on any atom is 0.310 e. The molecule has 0 aliphatic heterocycles. The Labute approximate surface area is 96.7 Å². The summed E-state index contributed by atoms with van der Waals surface area (Å²) in [7, 11) is 1.54. The molecule has 0 aliphatic carbocycles. The minimum absolute atomic E-state index is 0.181. The van der Waals surface area contributed by atoms with Crippen LogP contribution in [-0.4, -0.2) is 24.7 Å². The van der Waals surface area contributed by atoms with E-state index in [1.165, 1.54) is 7.11 Å². The summed E-state index contributed by atoms with van der Waals surface area (Å²) in [5.74, 6) is 0.306. The Morgan fingerprint density at radius 2 is 2.27 bits per heavy atom. The van der Waals surface area contributed by atoms with Gasteiger partial charge >= 0.3 is 5.97 Å². The summed E-state index contributed by atoms with van der Waals surface area (Å²) in [6.07, 6.45) is 3.37. The molecule has 0 amide bonds. The summed E-state index contributed by atoms with van der Waals surface area (Å²) in [6, 6.07) is 0. The molecule has 0 bridgehead atoms. The Bertz CT molecular complexity index is 355. The predicted octanol–water partition coefficient (Wildman–Crippen LogP) is 1.96. The first kappa shape index (κ1) is 12.0. The number of carbonyl (C=O) groups excluding carboxylic acids is 1.